The smallest absolute Gasteiger partial charge is 0.285 e. The summed E-state index contributed by atoms with van der Waals surface area (Å²) >= 11 is 0. The van der Waals surface area contributed by atoms with E-state index in [-0.39, 0.29) is 23.2 Å². The van der Waals surface area contributed by atoms with Gasteiger partial charge in [0.25, 0.3) is 11.6 Å². The third-order valence-corrected chi connectivity index (χ3v) is 3.41. The van der Waals surface area contributed by atoms with Crippen LogP contribution in [0.4, 0.5) is 5.69 Å². The second kappa shape index (κ2) is 5.36. The van der Waals surface area contributed by atoms with Gasteiger partial charge >= 0.3 is 0 Å². The van der Waals surface area contributed by atoms with Crippen LogP contribution in [0, 0.1) is 17.0 Å². The molecule has 2 rings (SSSR count). The second-order valence-electron chi connectivity index (χ2n) is 4.78. The zero-order valence-corrected chi connectivity index (χ0v) is 11.0. The molecule has 0 spiro atoms. The number of hydrogen-bond donors (Lipinski definition) is 1. The van der Waals surface area contributed by atoms with Crippen molar-refractivity contribution >= 4 is 11.6 Å². The molecule has 19 heavy (non-hydrogen) atoms. The second-order valence-corrected chi connectivity index (χ2v) is 4.78. The fraction of sp³-hybridized carbons (Fsp3) is 0.462. The summed E-state index contributed by atoms with van der Waals surface area (Å²) < 4.78 is 0. The van der Waals surface area contributed by atoms with E-state index in [0.29, 0.717) is 18.7 Å². The Morgan fingerprint density at radius 2 is 2.26 bits per heavy atom. The topological polar surface area (TPSA) is 75.5 Å². The minimum atomic E-state index is -0.477. The average Bonchev–Trinajstić information content (AvgIpc) is 2.37. The zero-order valence-electron chi connectivity index (χ0n) is 11.0. The van der Waals surface area contributed by atoms with Crippen molar-refractivity contribution in [1.29, 1.82) is 0 Å². The average molecular weight is 263 g/mol. The van der Waals surface area contributed by atoms with E-state index in [1.807, 2.05) is 6.92 Å². The largest absolute Gasteiger partial charge is 0.333 e. The van der Waals surface area contributed by atoms with Gasteiger partial charge in [-0.15, -0.1) is 0 Å². The highest BCUT2D eigenvalue weighted by molar-refractivity contribution is 5.98. The van der Waals surface area contributed by atoms with Crippen LogP contribution in [0.1, 0.15) is 22.8 Å². The summed E-state index contributed by atoms with van der Waals surface area (Å²) in [5.74, 6) is -0.260. The van der Waals surface area contributed by atoms with E-state index in [2.05, 4.69) is 5.32 Å². The Hall–Kier alpha value is -1.95. The molecule has 1 aliphatic rings. The molecule has 6 heteroatoms. The number of nitrogens with one attached hydrogen (secondary N) is 1. The van der Waals surface area contributed by atoms with Crippen LogP contribution in [0.3, 0.4) is 0 Å². The summed E-state index contributed by atoms with van der Waals surface area (Å²) in [5.41, 5.74) is 0.607. The van der Waals surface area contributed by atoms with Crippen molar-refractivity contribution in [2.45, 2.75) is 19.9 Å². The quantitative estimate of drug-likeness (QED) is 0.645. The Kier molecular flexibility index (Phi) is 3.80. The van der Waals surface area contributed by atoms with E-state index >= 15 is 0 Å². The molecular formula is C13H17N3O3. The molecule has 1 aliphatic heterocycles. The first kappa shape index (κ1) is 13.5. The highest BCUT2D eigenvalue weighted by atomic mass is 16.6. The van der Waals surface area contributed by atoms with Gasteiger partial charge in [0.2, 0.25) is 0 Å². The molecule has 1 N–H and O–H groups in total. The predicted molar refractivity (Wildman–Crippen MR) is 71.2 cm³/mol. The van der Waals surface area contributed by atoms with Crippen LogP contribution in [0.25, 0.3) is 0 Å². The number of rotatable bonds is 2. The Labute approximate surface area is 111 Å². The van der Waals surface area contributed by atoms with E-state index in [0.717, 1.165) is 6.54 Å². The predicted octanol–water partition coefficient (Wildman–Crippen LogP) is 1.34. The lowest BCUT2D eigenvalue weighted by Gasteiger charge is -2.33. The lowest BCUT2D eigenvalue weighted by atomic mass is 10.1. The molecule has 1 saturated heterocycles. The number of amides is 1. The highest BCUT2D eigenvalue weighted by Gasteiger charge is 2.29. The number of benzene rings is 1. The zero-order chi connectivity index (χ0) is 14.0. The molecule has 1 fully saturated rings. The number of carbonyl (C=O) groups excluding carboxylic acids is 1. The van der Waals surface area contributed by atoms with Crippen LogP contribution in [0.2, 0.25) is 0 Å². The van der Waals surface area contributed by atoms with E-state index in [1.54, 1.807) is 24.0 Å². The molecule has 1 atom stereocenters. The molecule has 0 bridgehead atoms. The maximum absolute atomic E-state index is 12.5. The van der Waals surface area contributed by atoms with E-state index in [4.69, 9.17) is 0 Å². The van der Waals surface area contributed by atoms with E-state index < -0.39 is 4.92 Å². The van der Waals surface area contributed by atoms with Crippen molar-refractivity contribution in [2.75, 3.05) is 19.6 Å². The van der Waals surface area contributed by atoms with Crippen LogP contribution >= 0.6 is 0 Å². The number of piperazine rings is 1. The van der Waals surface area contributed by atoms with Gasteiger partial charge in [-0.25, -0.2) is 0 Å². The Morgan fingerprint density at radius 1 is 1.53 bits per heavy atom. The molecule has 1 aromatic rings. The minimum absolute atomic E-state index is 0.0429. The standard InChI is InChI=1S/C13H17N3O3/c1-9-4-3-5-11(12(9)16(18)19)13(17)15-7-6-14-8-10(15)2/h3-5,10,14H,6-8H2,1-2H3. The summed E-state index contributed by atoms with van der Waals surface area (Å²) in [5, 5.41) is 14.3. The highest BCUT2D eigenvalue weighted by Crippen LogP contribution is 2.25. The first-order valence-corrected chi connectivity index (χ1v) is 6.28. The molecule has 0 radical (unpaired) electrons. The molecule has 1 unspecified atom stereocenters. The molecule has 102 valence electrons. The van der Waals surface area contributed by atoms with Gasteiger partial charge in [-0.3, -0.25) is 14.9 Å². The molecular weight excluding hydrogens is 246 g/mol. The summed E-state index contributed by atoms with van der Waals surface area (Å²) in [4.78, 5) is 24.8. The van der Waals surface area contributed by atoms with Gasteiger partial charge in [0.1, 0.15) is 5.56 Å². The van der Waals surface area contributed by atoms with Crippen molar-refractivity contribution in [3.05, 3.63) is 39.4 Å². The Morgan fingerprint density at radius 3 is 2.89 bits per heavy atom. The monoisotopic (exact) mass is 263 g/mol. The molecule has 0 aromatic heterocycles. The first-order chi connectivity index (χ1) is 9.02. The fourth-order valence-electron chi connectivity index (χ4n) is 2.37. The van der Waals surface area contributed by atoms with Crippen molar-refractivity contribution in [3.8, 4) is 0 Å². The lowest BCUT2D eigenvalue weighted by molar-refractivity contribution is -0.385. The molecule has 1 heterocycles. The van der Waals surface area contributed by atoms with Crippen LogP contribution in [0.5, 0.6) is 0 Å². The van der Waals surface area contributed by atoms with Gasteiger partial charge < -0.3 is 10.2 Å². The lowest BCUT2D eigenvalue weighted by Crippen LogP contribution is -2.52. The van der Waals surface area contributed by atoms with Gasteiger partial charge in [-0.1, -0.05) is 12.1 Å². The van der Waals surface area contributed by atoms with E-state index in [1.165, 1.54) is 6.07 Å². The number of para-hydroxylation sites is 1. The Balaban J connectivity index is 2.38. The van der Waals surface area contributed by atoms with Crippen molar-refractivity contribution < 1.29 is 9.72 Å². The van der Waals surface area contributed by atoms with Crippen molar-refractivity contribution in [3.63, 3.8) is 0 Å². The summed E-state index contributed by atoms with van der Waals surface area (Å²) in [6.07, 6.45) is 0. The van der Waals surface area contributed by atoms with Gasteiger partial charge in [-0.2, -0.15) is 0 Å². The number of nitrogens with zero attached hydrogens (tertiary/aromatic N) is 2. The molecule has 6 nitrogen and oxygen atoms in total. The van der Waals surface area contributed by atoms with Crippen LogP contribution in [-0.2, 0) is 0 Å². The van der Waals surface area contributed by atoms with Gasteiger partial charge in [0.05, 0.1) is 4.92 Å². The third-order valence-electron chi connectivity index (χ3n) is 3.41. The number of nitro benzene ring substituents is 1. The molecule has 1 aromatic carbocycles. The van der Waals surface area contributed by atoms with Crippen molar-refractivity contribution in [1.82, 2.24) is 10.2 Å². The number of hydrogen-bond acceptors (Lipinski definition) is 4. The normalized spacial score (nSPS) is 19.3. The maximum atomic E-state index is 12.5. The van der Waals surface area contributed by atoms with Crippen LogP contribution in [-0.4, -0.2) is 41.4 Å². The van der Waals surface area contributed by atoms with Gasteiger partial charge in [-0.05, 0) is 19.9 Å². The van der Waals surface area contributed by atoms with Crippen LogP contribution < -0.4 is 5.32 Å². The molecule has 1 amide bonds. The Bertz CT molecular complexity index is 516. The minimum Gasteiger partial charge on any atom is -0.333 e. The first-order valence-electron chi connectivity index (χ1n) is 6.28. The fourth-order valence-corrected chi connectivity index (χ4v) is 2.37. The van der Waals surface area contributed by atoms with Gasteiger partial charge in [0.15, 0.2) is 0 Å². The third kappa shape index (κ3) is 2.58. The van der Waals surface area contributed by atoms with Crippen LogP contribution in [0.15, 0.2) is 18.2 Å². The molecule has 0 saturated carbocycles. The SMILES string of the molecule is Cc1cccc(C(=O)N2CCNCC2C)c1[N+](=O)[O-]. The molecule has 0 aliphatic carbocycles. The van der Waals surface area contributed by atoms with Crippen molar-refractivity contribution in [2.24, 2.45) is 0 Å². The number of aryl methyl sites for hydroxylation is 1. The number of carbonyl (C=O) groups is 1. The van der Waals surface area contributed by atoms with E-state index in [9.17, 15) is 14.9 Å². The van der Waals surface area contributed by atoms with Gasteiger partial charge in [0, 0.05) is 31.2 Å². The summed E-state index contributed by atoms with van der Waals surface area (Å²) in [6.45, 7) is 5.59. The summed E-state index contributed by atoms with van der Waals surface area (Å²) in [6, 6.07) is 4.90. The number of nitro groups is 1. The maximum Gasteiger partial charge on any atom is 0.285 e. The summed E-state index contributed by atoms with van der Waals surface area (Å²) in [7, 11) is 0.